The molecule has 1 N–H and O–H groups in total. The molecule has 40 heavy (non-hydrogen) atoms. The lowest BCUT2D eigenvalue weighted by Gasteiger charge is -2.34. The third-order valence-corrected chi connectivity index (χ3v) is 8.09. The monoisotopic (exact) mass is 587 g/mol. The van der Waals surface area contributed by atoms with E-state index >= 15 is 0 Å². The SMILES string of the molecule is CCCCNC(=O)C(Cc1ccccc1)N(Cc1ccc(F)cc1)C(=O)CN(c1cccc(Cl)c1C)S(C)(=O)=O. The standard InChI is InChI=1S/C30H35ClFN3O4S/c1-4-5-18-33-30(37)28(19-23-10-7-6-8-11-23)34(20-24-14-16-25(32)17-15-24)29(36)21-35(40(3,38)39)27-13-9-12-26(31)22(27)2/h6-17,28H,4-5,18-21H2,1-3H3,(H,33,37). The molecule has 0 fully saturated rings. The van der Waals surface area contributed by atoms with Crippen molar-refractivity contribution in [3.05, 3.63) is 100 Å². The van der Waals surface area contributed by atoms with Crippen molar-refractivity contribution in [2.24, 2.45) is 0 Å². The van der Waals surface area contributed by atoms with Gasteiger partial charge in [-0.05, 0) is 54.3 Å². The Labute approximate surface area is 241 Å². The summed E-state index contributed by atoms with van der Waals surface area (Å²) in [7, 11) is -3.91. The van der Waals surface area contributed by atoms with Gasteiger partial charge in [-0.2, -0.15) is 0 Å². The van der Waals surface area contributed by atoms with Crippen molar-refractivity contribution in [1.29, 1.82) is 0 Å². The minimum Gasteiger partial charge on any atom is -0.354 e. The highest BCUT2D eigenvalue weighted by Crippen LogP contribution is 2.28. The van der Waals surface area contributed by atoms with Crippen LogP contribution in [0.4, 0.5) is 10.1 Å². The van der Waals surface area contributed by atoms with Crippen molar-refractivity contribution in [3.63, 3.8) is 0 Å². The predicted octanol–water partition coefficient (Wildman–Crippen LogP) is 5.11. The van der Waals surface area contributed by atoms with E-state index in [1.807, 2.05) is 37.3 Å². The Bertz CT molecular complexity index is 1400. The zero-order chi connectivity index (χ0) is 29.3. The van der Waals surface area contributed by atoms with Gasteiger partial charge in [-0.25, -0.2) is 12.8 Å². The highest BCUT2D eigenvalue weighted by molar-refractivity contribution is 7.92. The fourth-order valence-corrected chi connectivity index (χ4v) is 5.38. The molecule has 3 aromatic rings. The Hall–Kier alpha value is -3.43. The van der Waals surface area contributed by atoms with Gasteiger partial charge in [0.15, 0.2) is 0 Å². The quantitative estimate of drug-likeness (QED) is 0.282. The maximum atomic E-state index is 14.0. The van der Waals surface area contributed by atoms with E-state index in [9.17, 15) is 22.4 Å². The fourth-order valence-electron chi connectivity index (χ4n) is 4.31. The molecule has 0 radical (unpaired) electrons. The Morgan fingerprint density at radius 2 is 1.65 bits per heavy atom. The van der Waals surface area contributed by atoms with E-state index in [1.165, 1.54) is 17.0 Å². The van der Waals surface area contributed by atoms with Gasteiger partial charge in [-0.1, -0.05) is 73.5 Å². The van der Waals surface area contributed by atoms with Crippen LogP contribution in [0.1, 0.15) is 36.5 Å². The minimum atomic E-state index is -3.91. The number of nitrogens with one attached hydrogen (secondary N) is 1. The number of carbonyl (C=O) groups excluding carboxylic acids is 2. The number of hydrogen-bond acceptors (Lipinski definition) is 4. The molecule has 3 rings (SSSR count). The van der Waals surface area contributed by atoms with E-state index in [4.69, 9.17) is 11.6 Å². The zero-order valence-electron chi connectivity index (χ0n) is 22.9. The first kappa shape index (κ1) is 31.1. The first-order valence-electron chi connectivity index (χ1n) is 13.1. The Kier molecular flexibility index (Phi) is 11.1. The smallest absolute Gasteiger partial charge is 0.244 e. The van der Waals surface area contributed by atoms with E-state index in [0.717, 1.165) is 29.0 Å². The number of sulfonamides is 1. The second-order valence-electron chi connectivity index (χ2n) is 9.65. The molecule has 3 aromatic carbocycles. The summed E-state index contributed by atoms with van der Waals surface area (Å²) in [6.07, 6.45) is 2.88. The van der Waals surface area contributed by atoms with Gasteiger partial charge in [0.05, 0.1) is 11.9 Å². The first-order chi connectivity index (χ1) is 19.0. The van der Waals surface area contributed by atoms with E-state index in [1.54, 1.807) is 37.3 Å². The molecule has 10 heteroatoms. The lowest BCUT2D eigenvalue weighted by atomic mass is 10.0. The van der Waals surface area contributed by atoms with Crippen LogP contribution < -0.4 is 9.62 Å². The normalized spacial score (nSPS) is 12.0. The molecule has 0 aliphatic rings. The van der Waals surface area contributed by atoms with Crippen LogP contribution in [-0.4, -0.2) is 50.5 Å². The second-order valence-corrected chi connectivity index (χ2v) is 12.0. The third-order valence-electron chi connectivity index (χ3n) is 6.55. The average molecular weight is 588 g/mol. The molecule has 7 nitrogen and oxygen atoms in total. The summed E-state index contributed by atoms with van der Waals surface area (Å²) in [5.74, 6) is -1.36. The summed E-state index contributed by atoms with van der Waals surface area (Å²) < 4.78 is 40.5. The van der Waals surface area contributed by atoms with Crippen LogP contribution in [0.25, 0.3) is 0 Å². The number of halogens is 2. The number of anilines is 1. The Morgan fingerprint density at radius 3 is 2.27 bits per heavy atom. The first-order valence-corrected chi connectivity index (χ1v) is 15.3. The molecule has 0 spiro atoms. The van der Waals surface area contributed by atoms with Crippen molar-refractivity contribution in [2.45, 2.75) is 45.7 Å². The van der Waals surface area contributed by atoms with Crippen LogP contribution in [0.2, 0.25) is 5.02 Å². The number of hydrogen-bond donors (Lipinski definition) is 1. The van der Waals surface area contributed by atoms with Crippen LogP contribution in [0, 0.1) is 12.7 Å². The van der Waals surface area contributed by atoms with E-state index in [2.05, 4.69) is 5.32 Å². The van der Waals surface area contributed by atoms with Crippen LogP contribution >= 0.6 is 11.6 Å². The number of rotatable bonds is 13. The number of amides is 2. The highest BCUT2D eigenvalue weighted by Gasteiger charge is 2.33. The van der Waals surface area contributed by atoms with Crippen LogP contribution in [-0.2, 0) is 32.6 Å². The molecule has 0 aromatic heterocycles. The number of nitrogens with zero attached hydrogens (tertiary/aromatic N) is 2. The van der Waals surface area contributed by atoms with E-state index in [0.29, 0.717) is 22.7 Å². The van der Waals surface area contributed by atoms with Crippen molar-refractivity contribution in [1.82, 2.24) is 10.2 Å². The van der Waals surface area contributed by atoms with Gasteiger partial charge in [-0.15, -0.1) is 0 Å². The minimum absolute atomic E-state index is 0.0239. The zero-order valence-corrected chi connectivity index (χ0v) is 24.5. The molecule has 214 valence electrons. The maximum absolute atomic E-state index is 14.0. The molecule has 0 bridgehead atoms. The number of benzene rings is 3. The van der Waals surface area contributed by atoms with Crippen molar-refractivity contribution in [3.8, 4) is 0 Å². The molecule has 0 aliphatic carbocycles. The molecular weight excluding hydrogens is 553 g/mol. The van der Waals surface area contributed by atoms with Crippen LogP contribution in [0.3, 0.4) is 0 Å². The number of unbranched alkanes of at least 4 members (excludes halogenated alkanes) is 1. The van der Waals surface area contributed by atoms with Gasteiger partial charge in [0.25, 0.3) is 0 Å². The topological polar surface area (TPSA) is 86.8 Å². The summed E-state index contributed by atoms with van der Waals surface area (Å²) in [4.78, 5) is 29.0. The van der Waals surface area contributed by atoms with Gasteiger partial charge in [0.1, 0.15) is 18.4 Å². The summed E-state index contributed by atoms with van der Waals surface area (Å²) in [6.45, 7) is 3.56. The fraction of sp³-hybridized carbons (Fsp3) is 0.333. The van der Waals surface area contributed by atoms with Crippen molar-refractivity contribution >= 4 is 39.1 Å². The molecular formula is C30H35ClFN3O4S. The van der Waals surface area contributed by atoms with Gasteiger partial charge in [-0.3, -0.25) is 13.9 Å². The van der Waals surface area contributed by atoms with Gasteiger partial charge in [0.2, 0.25) is 21.8 Å². The van der Waals surface area contributed by atoms with Crippen LogP contribution in [0.5, 0.6) is 0 Å². The van der Waals surface area contributed by atoms with Crippen LogP contribution in [0.15, 0.2) is 72.8 Å². The maximum Gasteiger partial charge on any atom is 0.244 e. The largest absolute Gasteiger partial charge is 0.354 e. The predicted molar refractivity (Wildman–Crippen MR) is 157 cm³/mol. The summed E-state index contributed by atoms with van der Waals surface area (Å²) in [6, 6.07) is 18.8. The van der Waals surface area contributed by atoms with E-state index in [-0.39, 0.29) is 24.6 Å². The summed E-state index contributed by atoms with van der Waals surface area (Å²) in [5.41, 5.74) is 2.21. The van der Waals surface area contributed by atoms with E-state index < -0.39 is 34.3 Å². The Balaban J connectivity index is 2.05. The molecule has 0 saturated carbocycles. The Morgan fingerprint density at radius 1 is 0.975 bits per heavy atom. The van der Waals surface area contributed by atoms with Gasteiger partial charge >= 0.3 is 0 Å². The van der Waals surface area contributed by atoms with Crippen molar-refractivity contribution in [2.75, 3.05) is 23.7 Å². The molecule has 0 aliphatic heterocycles. The average Bonchev–Trinajstić information content (AvgIpc) is 2.92. The highest BCUT2D eigenvalue weighted by atomic mass is 35.5. The lowest BCUT2D eigenvalue weighted by Crippen LogP contribution is -2.53. The molecule has 1 unspecified atom stereocenters. The number of carbonyl (C=O) groups is 2. The molecule has 0 saturated heterocycles. The second kappa shape index (κ2) is 14.3. The summed E-state index contributed by atoms with van der Waals surface area (Å²) >= 11 is 6.27. The van der Waals surface area contributed by atoms with Crippen molar-refractivity contribution < 1.29 is 22.4 Å². The summed E-state index contributed by atoms with van der Waals surface area (Å²) in [5, 5.41) is 3.28. The molecule has 1 atom stereocenters. The van der Waals surface area contributed by atoms with Gasteiger partial charge < -0.3 is 10.2 Å². The van der Waals surface area contributed by atoms with Gasteiger partial charge in [0, 0.05) is 24.5 Å². The molecule has 2 amide bonds. The lowest BCUT2D eigenvalue weighted by molar-refractivity contribution is -0.140. The third kappa shape index (κ3) is 8.53. The molecule has 0 heterocycles.